The lowest BCUT2D eigenvalue weighted by Crippen LogP contribution is -2.70. The first-order chi connectivity index (χ1) is 14.2. The van der Waals surface area contributed by atoms with E-state index in [1.54, 1.807) is 12.1 Å². The summed E-state index contributed by atoms with van der Waals surface area (Å²) in [6.07, 6.45) is 2.41. The number of nitrogens with two attached hydrogens (primary N) is 1. The van der Waals surface area contributed by atoms with Crippen molar-refractivity contribution in [3.63, 3.8) is 0 Å². The number of carbonyl (C=O) groups excluding carboxylic acids is 1. The summed E-state index contributed by atoms with van der Waals surface area (Å²) in [5.41, 5.74) is 8.10. The van der Waals surface area contributed by atoms with Crippen LogP contribution in [0.3, 0.4) is 0 Å². The molecule has 0 aromatic heterocycles. The van der Waals surface area contributed by atoms with Gasteiger partial charge in [0.2, 0.25) is 0 Å². The highest BCUT2D eigenvalue weighted by Gasteiger charge is 2.59. The van der Waals surface area contributed by atoms with Gasteiger partial charge in [0, 0.05) is 27.4 Å². The molecule has 3 rings (SSSR count). The zero-order valence-corrected chi connectivity index (χ0v) is 19.0. The van der Waals surface area contributed by atoms with Gasteiger partial charge in [0.1, 0.15) is 6.29 Å². The van der Waals surface area contributed by atoms with E-state index in [0.29, 0.717) is 22.0 Å². The van der Waals surface area contributed by atoms with E-state index in [-0.39, 0.29) is 17.9 Å². The Hall–Kier alpha value is -1.90. The molecule has 0 aliphatic heterocycles. The van der Waals surface area contributed by atoms with Crippen LogP contribution >= 0.6 is 23.2 Å². The standard InChI is InChI=1S/C24H27Cl2N3O/c1-15(29-3)24(28)22(17-5-7-18(25)8-6-17)20(10-11-23(24,2)14-30)19-9-4-16(13-27)12-21(19)26/h4-9,12,14-15,20,22,29H,10-11,28H2,1-3H3. The molecule has 30 heavy (non-hydrogen) atoms. The molecule has 1 aliphatic rings. The normalized spacial score (nSPS) is 29.8. The number of benzene rings is 2. The van der Waals surface area contributed by atoms with Crippen molar-refractivity contribution in [3.8, 4) is 6.07 Å². The first-order valence-corrected chi connectivity index (χ1v) is 10.8. The third kappa shape index (κ3) is 3.65. The Morgan fingerprint density at radius 1 is 1.27 bits per heavy atom. The molecular formula is C24H27Cl2N3O. The molecule has 2 aromatic carbocycles. The lowest BCUT2D eigenvalue weighted by atomic mass is 9.50. The van der Waals surface area contributed by atoms with Gasteiger partial charge in [-0.25, -0.2) is 0 Å². The summed E-state index contributed by atoms with van der Waals surface area (Å²) >= 11 is 12.8. The van der Waals surface area contributed by atoms with E-state index in [4.69, 9.17) is 28.9 Å². The number of nitrogens with one attached hydrogen (secondary N) is 1. The fraction of sp³-hybridized carbons (Fsp3) is 0.417. The summed E-state index contributed by atoms with van der Waals surface area (Å²) in [6.45, 7) is 3.97. The van der Waals surface area contributed by atoms with E-state index in [9.17, 15) is 10.1 Å². The van der Waals surface area contributed by atoms with Gasteiger partial charge in [-0.05, 0) is 68.1 Å². The summed E-state index contributed by atoms with van der Waals surface area (Å²) in [5, 5.41) is 13.7. The molecule has 0 saturated heterocycles. The van der Waals surface area contributed by atoms with Gasteiger partial charge in [-0.2, -0.15) is 5.26 Å². The third-order valence-electron chi connectivity index (χ3n) is 7.05. The lowest BCUT2D eigenvalue weighted by molar-refractivity contribution is -0.123. The first kappa shape index (κ1) is 22.8. The number of carbonyl (C=O) groups is 1. The molecule has 0 radical (unpaired) electrons. The summed E-state index contributed by atoms with van der Waals surface area (Å²) in [6, 6.07) is 15.1. The minimum absolute atomic E-state index is 0.0137. The quantitative estimate of drug-likeness (QED) is 0.634. The van der Waals surface area contributed by atoms with E-state index in [1.807, 2.05) is 51.2 Å². The predicted octanol–water partition coefficient (Wildman–Crippen LogP) is 5.04. The van der Waals surface area contributed by atoms with E-state index in [1.165, 1.54) is 0 Å². The van der Waals surface area contributed by atoms with Gasteiger partial charge in [-0.3, -0.25) is 0 Å². The van der Waals surface area contributed by atoms with Crippen LogP contribution in [0.2, 0.25) is 10.0 Å². The molecule has 1 fully saturated rings. The van der Waals surface area contributed by atoms with Crippen molar-refractivity contribution >= 4 is 29.5 Å². The van der Waals surface area contributed by atoms with Crippen LogP contribution in [0.5, 0.6) is 0 Å². The number of hydrogen-bond acceptors (Lipinski definition) is 4. The van der Waals surface area contributed by atoms with Crippen molar-refractivity contribution in [2.24, 2.45) is 11.1 Å². The second-order valence-corrected chi connectivity index (χ2v) is 9.34. The van der Waals surface area contributed by atoms with Crippen LogP contribution in [0.4, 0.5) is 0 Å². The maximum absolute atomic E-state index is 12.4. The molecular weight excluding hydrogens is 417 g/mol. The largest absolute Gasteiger partial charge is 0.322 e. The average molecular weight is 444 g/mol. The van der Waals surface area contributed by atoms with E-state index in [2.05, 4.69) is 11.4 Å². The molecule has 2 aromatic rings. The van der Waals surface area contributed by atoms with Crippen LogP contribution in [-0.4, -0.2) is 24.9 Å². The van der Waals surface area contributed by atoms with Crippen LogP contribution in [0.15, 0.2) is 42.5 Å². The van der Waals surface area contributed by atoms with Gasteiger partial charge in [0.05, 0.1) is 17.2 Å². The smallest absolute Gasteiger partial charge is 0.127 e. The Balaban J connectivity index is 2.26. The zero-order valence-electron chi connectivity index (χ0n) is 17.5. The van der Waals surface area contributed by atoms with Gasteiger partial charge >= 0.3 is 0 Å². The lowest BCUT2D eigenvalue weighted by Gasteiger charge is -2.57. The number of halogens is 2. The van der Waals surface area contributed by atoms with Gasteiger partial charge in [0.25, 0.3) is 0 Å². The number of rotatable bonds is 5. The van der Waals surface area contributed by atoms with Gasteiger partial charge < -0.3 is 15.8 Å². The topological polar surface area (TPSA) is 78.9 Å². The van der Waals surface area contributed by atoms with Crippen LogP contribution < -0.4 is 11.1 Å². The number of likely N-dealkylation sites (N-methyl/N-ethyl adjacent to an activating group) is 1. The van der Waals surface area contributed by atoms with Crippen LogP contribution in [0, 0.1) is 16.7 Å². The molecule has 0 amide bonds. The van der Waals surface area contributed by atoms with Crippen molar-refractivity contribution < 1.29 is 4.79 Å². The number of aldehydes is 1. The second-order valence-electron chi connectivity index (χ2n) is 8.50. The Morgan fingerprint density at radius 3 is 2.47 bits per heavy atom. The minimum Gasteiger partial charge on any atom is -0.322 e. The molecule has 1 aliphatic carbocycles. The molecule has 5 unspecified atom stereocenters. The monoisotopic (exact) mass is 443 g/mol. The Labute approximate surface area is 188 Å². The molecule has 3 N–H and O–H groups in total. The van der Waals surface area contributed by atoms with Crippen LogP contribution in [0.25, 0.3) is 0 Å². The number of hydrogen-bond donors (Lipinski definition) is 2. The number of nitrogens with zero attached hydrogens (tertiary/aromatic N) is 1. The molecule has 4 nitrogen and oxygen atoms in total. The second kappa shape index (κ2) is 8.69. The molecule has 1 saturated carbocycles. The fourth-order valence-electron chi connectivity index (χ4n) is 5.10. The van der Waals surface area contributed by atoms with Crippen molar-refractivity contribution in [3.05, 3.63) is 69.2 Å². The van der Waals surface area contributed by atoms with Gasteiger partial charge in [-0.1, -0.05) is 48.3 Å². The average Bonchev–Trinajstić information content (AvgIpc) is 2.75. The summed E-state index contributed by atoms with van der Waals surface area (Å²) in [5.74, 6) is -0.202. The molecule has 158 valence electrons. The molecule has 6 heteroatoms. The molecule has 5 atom stereocenters. The zero-order chi connectivity index (χ0) is 22.1. The van der Waals surface area contributed by atoms with E-state index >= 15 is 0 Å². The third-order valence-corrected chi connectivity index (χ3v) is 7.63. The minimum atomic E-state index is -0.878. The Morgan fingerprint density at radius 2 is 1.93 bits per heavy atom. The Kier molecular flexibility index (Phi) is 6.60. The van der Waals surface area contributed by atoms with Gasteiger partial charge in [0.15, 0.2) is 0 Å². The fourth-order valence-corrected chi connectivity index (χ4v) is 5.55. The Bertz CT molecular complexity index is 971. The van der Waals surface area contributed by atoms with Crippen molar-refractivity contribution in [2.45, 2.75) is 50.1 Å². The van der Waals surface area contributed by atoms with E-state index < -0.39 is 11.0 Å². The van der Waals surface area contributed by atoms with E-state index in [0.717, 1.165) is 23.8 Å². The maximum atomic E-state index is 12.4. The SMILES string of the molecule is CNC(C)C1(N)C(c2ccc(Cl)cc2)C(c2ccc(C#N)cc2Cl)CCC1(C)C=O. The summed E-state index contributed by atoms with van der Waals surface area (Å²) < 4.78 is 0. The molecule has 0 bridgehead atoms. The molecule has 0 heterocycles. The summed E-state index contributed by atoms with van der Waals surface area (Å²) in [7, 11) is 1.86. The highest BCUT2D eigenvalue weighted by Crippen LogP contribution is 2.57. The van der Waals surface area contributed by atoms with Crippen molar-refractivity contribution in [2.75, 3.05) is 7.05 Å². The molecule has 0 spiro atoms. The highest BCUT2D eigenvalue weighted by molar-refractivity contribution is 6.31. The predicted molar refractivity (Wildman–Crippen MR) is 122 cm³/mol. The van der Waals surface area contributed by atoms with Crippen LogP contribution in [0.1, 0.15) is 55.2 Å². The highest BCUT2D eigenvalue weighted by atomic mass is 35.5. The van der Waals surface area contributed by atoms with Crippen molar-refractivity contribution in [1.82, 2.24) is 5.32 Å². The first-order valence-electron chi connectivity index (χ1n) is 10.1. The summed E-state index contributed by atoms with van der Waals surface area (Å²) in [4.78, 5) is 12.4. The van der Waals surface area contributed by atoms with Gasteiger partial charge in [-0.15, -0.1) is 0 Å². The van der Waals surface area contributed by atoms with Crippen molar-refractivity contribution in [1.29, 1.82) is 5.26 Å². The van der Waals surface area contributed by atoms with Crippen LogP contribution in [-0.2, 0) is 4.79 Å². The maximum Gasteiger partial charge on any atom is 0.127 e. The number of nitriles is 1.